The number of rotatable bonds is 4. The Balaban J connectivity index is 1.74. The summed E-state index contributed by atoms with van der Waals surface area (Å²) in [6.45, 7) is 6.27. The molecule has 24 heavy (non-hydrogen) atoms. The van der Waals surface area contributed by atoms with Crippen molar-refractivity contribution in [1.29, 1.82) is 0 Å². The molecule has 0 bridgehead atoms. The zero-order valence-electron chi connectivity index (χ0n) is 13.8. The monoisotopic (exact) mass is 343 g/mol. The Kier molecular flexibility index (Phi) is 4.44. The number of carbonyl (C=O) groups is 1. The largest absolute Gasteiger partial charge is 0.454 e. The van der Waals surface area contributed by atoms with Gasteiger partial charge in [0.05, 0.1) is 12.2 Å². The molecule has 3 aromatic rings. The van der Waals surface area contributed by atoms with Gasteiger partial charge in [0, 0.05) is 16.4 Å². The first-order valence-electron chi connectivity index (χ1n) is 7.60. The summed E-state index contributed by atoms with van der Waals surface area (Å²) < 4.78 is 7.49. The number of nitrogens with one attached hydrogen (secondary N) is 1. The number of carbonyl (C=O) groups excluding carboxylic acids is 1. The molecule has 6 heteroatoms. The van der Waals surface area contributed by atoms with Gasteiger partial charge in [0.2, 0.25) is 0 Å². The van der Waals surface area contributed by atoms with Gasteiger partial charge in [-0.3, -0.25) is 9.48 Å². The number of aryl methyl sites for hydroxylation is 2. The molecule has 1 aromatic carbocycles. The fraction of sp³-hybridized carbons (Fsp3) is 0.222. The van der Waals surface area contributed by atoms with Crippen LogP contribution in [0.1, 0.15) is 33.3 Å². The fourth-order valence-corrected chi connectivity index (χ4v) is 2.67. The molecule has 0 saturated heterocycles. The van der Waals surface area contributed by atoms with Gasteiger partial charge in [-0.25, -0.2) is 0 Å². The molecule has 0 aliphatic carbocycles. The lowest BCUT2D eigenvalue weighted by Gasteiger charge is -2.08. The number of benzene rings is 1. The Hall–Kier alpha value is -2.53. The van der Waals surface area contributed by atoms with Gasteiger partial charge in [0.1, 0.15) is 5.76 Å². The van der Waals surface area contributed by atoms with Crippen LogP contribution in [0, 0.1) is 20.8 Å². The second-order valence-electron chi connectivity index (χ2n) is 5.72. The predicted molar refractivity (Wildman–Crippen MR) is 93.7 cm³/mol. The van der Waals surface area contributed by atoms with E-state index in [1.165, 1.54) is 0 Å². The SMILES string of the molecule is Cc1cc(C)n(Cc2ccc(C(=O)Nc3cccc(Cl)c3C)o2)n1. The number of halogens is 1. The molecule has 0 atom stereocenters. The summed E-state index contributed by atoms with van der Waals surface area (Å²) in [5, 5.41) is 7.82. The molecule has 2 aromatic heterocycles. The quantitative estimate of drug-likeness (QED) is 0.765. The summed E-state index contributed by atoms with van der Waals surface area (Å²) in [6.07, 6.45) is 0. The van der Waals surface area contributed by atoms with Gasteiger partial charge in [-0.1, -0.05) is 17.7 Å². The summed E-state index contributed by atoms with van der Waals surface area (Å²) >= 11 is 6.07. The maximum absolute atomic E-state index is 12.3. The Morgan fingerprint density at radius 2 is 2.04 bits per heavy atom. The Bertz CT molecular complexity index is 896. The van der Waals surface area contributed by atoms with Gasteiger partial charge in [0.15, 0.2) is 5.76 Å². The van der Waals surface area contributed by atoms with Crippen molar-refractivity contribution in [3.05, 3.63) is 69.9 Å². The van der Waals surface area contributed by atoms with E-state index in [9.17, 15) is 4.79 Å². The van der Waals surface area contributed by atoms with E-state index in [0.29, 0.717) is 23.0 Å². The first-order chi connectivity index (χ1) is 11.4. The summed E-state index contributed by atoms with van der Waals surface area (Å²) in [6, 6.07) is 10.8. The standard InChI is InChI=1S/C18H18ClN3O2/c1-11-9-12(2)22(21-11)10-14-7-8-17(24-14)18(23)20-16-6-4-5-15(19)13(16)3/h4-9H,10H2,1-3H3,(H,20,23). The van der Waals surface area contributed by atoms with Crippen molar-refractivity contribution in [1.82, 2.24) is 9.78 Å². The Morgan fingerprint density at radius 1 is 1.25 bits per heavy atom. The zero-order valence-corrected chi connectivity index (χ0v) is 14.5. The number of aromatic nitrogens is 2. The molecule has 1 N–H and O–H groups in total. The molecular formula is C18H18ClN3O2. The molecule has 0 aliphatic rings. The van der Waals surface area contributed by atoms with Gasteiger partial charge >= 0.3 is 0 Å². The predicted octanol–water partition coefficient (Wildman–Crippen LogP) is 4.36. The Labute approximate surface area is 145 Å². The van der Waals surface area contributed by atoms with E-state index in [2.05, 4.69) is 10.4 Å². The first kappa shape index (κ1) is 16.3. The van der Waals surface area contributed by atoms with Crippen molar-refractivity contribution in [2.75, 3.05) is 5.32 Å². The van der Waals surface area contributed by atoms with E-state index in [1.54, 1.807) is 30.3 Å². The van der Waals surface area contributed by atoms with Crippen molar-refractivity contribution >= 4 is 23.2 Å². The molecule has 5 nitrogen and oxygen atoms in total. The molecule has 0 aliphatic heterocycles. The van der Waals surface area contributed by atoms with E-state index in [-0.39, 0.29) is 11.7 Å². The van der Waals surface area contributed by atoms with Crippen LogP contribution < -0.4 is 5.32 Å². The van der Waals surface area contributed by atoms with E-state index in [1.807, 2.05) is 31.5 Å². The molecule has 1 amide bonds. The first-order valence-corrected chi connectivity index (χ1v) is 7.98. The molecule has 0 spiro atoms. The summed E-state index contributed by atoms with van der Waals surface area (Å²) in [4.78, 5) is 12.3. The van der Waals surface area contributed by atoms with E-state index >= 15 is 0 Å². The van der Waals surface area contributed by atoms with E-state index in [4.69, 9.17) is 16.0 Å². The summed E-state index contributed by atoms with van der Waals surface area (Å²) in [5.74, 6) is 0.625. The van der Waals surface area contributed by atoms with E-state index < -0.39 is 0 Å². The van der Waals surface area contributed by atoms with Crippen molar-refractivity contribution < 1.29 is 9.21 Å². The van der Waals surface area contributed by atoms with Crippen molar-refractivity contribution in [3.8, 4) is 0 Å². The minimum Gasteiger partial charge on any atom is -0.454 e. The average molecular weight is 344 g/mol. The molecular weight excluding hydrogens is 326 g/mol. The minimum absolute atomic E-state index is 0.255. The van der Waals surface area contributed by atoms with Crippen LogP contribution in [0.5, 0.6) is 0 Å². The normalized spacial score (nSPS) is 10.8. The second kappa shape index (κ2) is 6.53. The lowest BCUT2D eigenvalue weighted by atomic mass is 10.2. The van der Waals surface area contributed by atoms with Crippen molar-refractivity contribution in [2.24, 2.45) is 0 Å². The van der Waals surface area contributed by atoms with Crippen LogP contribution in [-0.4, -0.2) is 15.7 Å². The third-order valence-electron chi connectivity index (χ3n) is 3.81. The third kappa shape index (κ3) is 3.36. The summed E-state index contributed by atoms with van der Waals surface area (Å²) in [7, 11) is 0. The molecule has 0 saturated carbocycles. The third-order valence-corrected chi connectivity index (χ3v) is 4.22. The molecule has 0 fully saturated rings. The maximum Gasteiger partial charge on any atom is 0.291 e. The minimum atomic E-state index is -0.306. The number of hydrogen-bond acceptors (Lipinski definition) is 3. The molecule has 2 heterocycles. The number of amides is 1. The highest BCUT2D eigenvalue weighted by Crippen LogP contribution is 2.23. The molecule has 0 unspecified atom stereocenters. The van der Waals surface area contributed by atoms with Gasteiger partial charge < -0.3 is 9.73 Å². The molecule has 3 rings (SSSR count). The van der Waals surface area contributed by atoms with Crippen LogP contribution >= 0.6 is 11.6 Å². The van der Waals surface area contributed by atoms with Gasteiger partial charge in [-0.15, -0.1) is 0 Å². The van der Waals surface area contributed by atoms with Crippen molar-refractivity contribution in [3.63, 3.8) is 0 Å². The highest BCUT2D eigenvalue weighted by atomic mass is 35.5. The molecule has 0 radical (unpaired) electrons. The van der Waals surface area contributed by atoms with Crippen LogP contribution in [0.4, 0.5) is 5.69 Å². The lowest BCUT2D eigenvalue weighted by molar-refractivity contribution is 0.0994. The highest BCUT2D eigenvalue weighted by molar-refractivity contribution is 6.31. The van der Waals surface area contributed by atoms with Crippen LogP contribution in [0.2, 0.25) is 5.02 Å². The topological polar surface area (TPSA) is 60.1 Å². The Morgan fingerprint density at radius 3 is 2.75 bits per heavy atom. The lowest BCUT2D eigenvalue weighted by Crippen LogP contribution is -2.12. The van der Waals surface area contributed by atoms with Crippen LogP contribution in [0.3, 0.4) is 0 Å². The highest BCUT2D eigenvalue weighted by Gasteiger charge is 2.14. The van der Waals surface area contributed by atoms with Gasteiger partial charge in [0.25, 0.3) is 5.91 Å². The van der Waals surface area contributed by atoms with Gasteiger partial charge in [-0.05, 0) is 56.7 Å². The molecule has 124 valence electrons. The second-order valence-corrected chi connectivity index (χ2v) is 6.12. The van der Waals surface area contributed by atoms with Crippen LogP contribution in [0.25, 0.3) is 0 Å². The number of anilines is 1. The maximum atomic E-state index is 12.3. The number of nitrogens with zero attached hydrogens (tertiary/aromatic N) is 2. The smallest absolute Gasteiger partial charge is 0.291 e. The van der Waals surface area contributed by atoms with E-state index in [0.717, 1.165) is 17.0 Å². The average Bonchev–Trinajstić information content (AvgIpc) is 3.11. The zero-order chi connectivity index (χ0) is 17.3. The fourth-order valence-electron chi connectivity index (χ4n) is 2.49. The van der Waals surface area contributed by atoms with Crippen molar-refractivity contribution in [2.45, 2.75) is 27.3 Å². The number of hydrogen-bond donors (Lipinski definition) is 1. The van der Waals surface area contributed by atoms with Crippen LogP contribution in [0.15, 0.2) is 40.8 Å². The summed E-state index contributed by atoms with van der Waals surface area (Å²) in [5.41, 5.74) is 3.49. The van der Waals surface area contributed by atoms with Gasteiger partial charge in [-0.2, -0.15) is 5.10 Å². The van der Waals surface area contributed by atoms with Crippen LogP contribution in [-0.2, 0) is 6.54 Å². The number of furan rings is 1.